The molecule has 0 bridgehead atoms. The molecule has 3 rings (SSSR count). The third-order valence-electron chi connectivity index (χ3n) is 3.79. The number of aromatic nitrogens is 1. The maximum Gasteiger partial charge on any atom is 0.230 e. The van der Waals surface area contributed by atoms with E-state index in [4.69, 9.17) is 10.3 Å². The van der Waals surface area contributed by atoms with Crippen molar-refractivity contribution in [3.05, 3.63) is 35.5 Å². The lowest BCUT2D eigenvalue weighted by molar-refractivity contribution is 0.424. The van der Waals surface area contributed by atoms with Gasteiger partial charge in [0, 0.05) is 17.5 Å². The molecule has 1 saturated carbocycles. The molecule has 1 fully saturated rings. The van der Waals surface area contributed by atoms with E-state index in [-0.39, 0.29) is 22.8 Å². The van der Waals surface area contributed by atoms with Gasteiger partial charge in [0.25, 0.3) is 0 Å². The van der Waals surface area contributed by atoms with Crippen LogP contribution in [0.4, 0.5) is 14.7 Å². The lowest BCUT2D eigenvalue weighted by Crippen LogP contribution is -1.96. The summed E-state index contributed by atoms with van der Waals surface area (Å²) < 4.78 is 31.9. The van der Waals surface area contributed by atoms with Crippen LogP contribution in [0.2, 0.25) is 0 Å². The Morgan fingerprint density at radius 1 is 1.37 bits per heavy atom. The van der Waals surface area contributed by atoms with Gasteiger partial charge in [-0.2, -0.15) is 0 Å². The van der Waals surface area contributed by atoms with E-state index < -0.39 is 11.6 Å². The van der Waals surface area contributed by atoms with Gasteiger partial charge >= 0.3 is 0 Å². The smallest absolute Gasteiger partial charge is 0.230 e. The highest BCUT2D eigenvalue weighted by Crippen LogP contribution is 2.60. The van der Waals surface area contributed by atoms with Gasteiger partial charge in [0.15, 0.2) is 0 Å². The van der Waals surface area contributed by atoms with Crippen LogP contribution in [0, 0.1) is 17.0 Å². The monoisotopic (exact) mass is 264 g/mol. The van der Waals surface area contributed by atoms with E-state index in [9.17, 15) is 8.78 Å². The average molecular weight is 264 g/mol. The van der Waals surface area contributed by atoms with Crippen molar-refractivity contribution >= 4 is 5.88 Å². The molecule has 19 heavy (non-hydrogen) atoms. The summed E-state index contributed by atoms with van der Waals surface area (Å²) >= 11 is 0. The summed E-state index contributed by atoms with van der Waals surface area (Å²) in [6.07, 6.45) is 0.953. The van der Waals surface area contributed by atoms with E-state index in [1.165, 1.54) is 12.1 Å². The van der Waals surface area contributed by atoms with E-state index in [1.54, 1.807) is 0 Å². The van der Waals surface area contributed by atoms with Gasteiger partial charge in [-0.25, -0.2) is 8.78 Å². The van der Waals surface area contributed by atoms with Crippen LogP contribution in [-0.4, -0.2) is 5.16 Å². The van der Waals surface area contributed by atoms with Crippen LogP contribution in [-0.2, 0) is 0 Å². The quantitative estimate of drug-likeness (QED) is 0.899. The number of nitrogens with zero attached hydrogens (tertiary/aromatic N) is 1. The van der Waals surface area contributed by atoms with Gasteiger partial charge in [-0.3, -0.25) is 0 Å². The zero-order valence-electron chi connectivity index (χ0n) is 10.7. The minimum atomic E-state index is -0.658. The van der Waals surface area contributed by atoms with Gasteiger partial charge in [0.05, 0.1) is 11.3 Å². The maximum atomic E-state index is 13.9. The fourth-order valence-corrected chi connectivity index (χ4v) is 2.45. The predicted octanol–water partition coefficient (Wildman–Crippen LogP) is 3.72. The Morgan fingerprint density at radius 2 is 2.05 bits per heavy atom. The summed E-state index contributed by atoms with van der Waals surface area (Å²) in [6, 6.07) is 3.41. The molecule has 100 valence electrons. The van der Waals surface area contributed by atoms with Crippen molar-refractivity contribution in [1.29, 1.82) is 0 Å². The van der Waals surface area contributed by atoms with Crippen LogP contribution in [0.25, 0.3) is 11.1 Å². The fraction of sp³-hybridized carbons (Fsp3) is 0.357. The first kappa shape index (κ1) is 12.1. The zero-order chi connectivity index (χ0) is 13.8. The second-order valence-corrected chi connectivity index (χ2v) is 5.68. The lowest BCUT2D eigenvalue weighted by Gasteiger charge is -2.05. The highest BCUT2D eigenvalue weighted by atomic mass is 19.1. The number of hydrogen-bond acceptors (Lipinski definition) is 3. The SMILES string of the molecule is CC1(C)CC1c1noc(N)c1-c1ccc(F)cc1F. The summed E-state index contributed by atoms with van der Waals surface area (Å²) in [5, 5.41) is 3.95. The Morgan fingerprint density at radius 3 is 2.63 bits per heavy atom. The highest BCUT2D eigenvalue weighted by molar-refractivity contribution is 5.76. The molecule has 1 unspecified atom stereocenters. The molecule has 3 nitrogen and oxygen atoms in total. The first-order valence-corrected chi connectivity index (χ1v) is 6.10. The van der Waals surface area contributed by atoms with Crippen molar-refractivity contribution in [2.45, 2.75) is 26.2 Å². The Labute approximate surface area is 109 Å². The minimum absolute atomic E-state index is 0.0724. The Hall–Kier alpha value is -1.91. The molecule has 1 aliphatic carbocycles. The molecule has 1 aromatic carbocycles. The molecule has 0 radical (unpaired) electrons. The van der Waals surface area contributed by atoms with Crippen LogP contribution < -0.4 is 5.73 Å². The number of benzene rings is 1. The van der Waals surface area contributed by atoms with Crippen molar-refractivity contribution in [2.24, 2.45) is 5.41 Å². The van der Waals surface area contributed by atoms with Crippen molar-refractivity contribution in [3.63, 3.8) is 0 Å². The Kier molecular flexibility index (Phi) is 2.42. The van der Waals surface area contributed by atoms with Gasteiger partial charge in [-0.05, 0) is 24.0 Å². The van der Waals surface area contributed by atoms with Gasteiger partial charge in [0.1, 0.15) is 11.6 Å². The summed E-state index contributed by atoms with van der Waals surface area (Å²) in [5.41, 5.74) is 7.21. The predicted molar refractivity (Wildman–Crippen MR) is 67.4 cm³/mol. The van der Waals surface area contributed by atoms with Crippen molar-refractivity contribution < 1.29 is 13.3 Å². The molecule has 2 N–H and O–H groups in total. The van der Waals surface area contributed by atoms with Crippen LogP contribution in [0.3, 0.4) is 0 Å². The Balaban J connectivity index is 2.12. The number of rotatable bonds is 2. The second-order valence-electron chi connectivity index (χ2n) is 5.68. The number of anilines is 1. The molecule has 2 aromatic rings. The molecule has 1 atom stereocenters. The third-order valence-corrected chi connectivity index (χ3v) is 3.79. The van der Waals surface area contributed by atoms with E-state index in [0.29, 0.717) is 11.3 Å². The van der Waals surface area contributed by atoms with E-state index in [1.807, 2.05) is 0 Å². The van der Waals surface area contributed by atoms with Crippen molar-refractivity contribution in [3.8, 4) is 11.1 Å². The number of nitrogen functional groups attached to an aromatic ring is 1. The van der Waals surface area contributed by atoms with Crippen LogP contribution in [0.15, 0.2) is 22.7 Å². The first-order chi connectivity index (χ1) is 8.90. The van der Waals surface area contributed by atoms with Crippen molar-refractivity contribution in [1.82, 2.24) is 5.16 Å². The molecule has 5 heteroatoms. The second kappa shape index (κ2) is 3.79. The van der Waals surface area contributed by atoms with Crippen molar-refractivity contribution in [2.75, 3.05) is 5.73 Å². The van der Waals surface area contributed by atoms with E-state index in [0.717, 1.165) is 12.5 Å². The maximum absolute atomic E-state index is 13.9. The summed E-state index contributed by atoms with van der Waals surface area (Å²) in [5.74, 6) is -1.00. The molecule has 1 aliphatic rings. The largest absolute Gasteiger partial charge is 0.367 e. The standard InChI is InChI=1S/C14H14F2N2O/c1-14(2)6-9(14)12-11(13(17)19-18-12)8-4-3-7(15)5-10(8)16/h3-5,9H,6,17H2,1-2H3. The molecule has 0 saturated heterocycles. The van der Waals surface area contributed by atoms with E-state index in [2.05, 4.69) is 19.0 Å². The molecule has 1 aromatic heterocycles. The zero-order valence-corrected chi connectivity index (χ0v) is 10.7. The molecule has 0 spiro atoms. The third kappa shape index (κ3) is 1.89. The van der Waals surface area contributed by atoms with Gasteiger partial charge < -0.3 is 10.3 Å². The van der Waals surface area contributed by atoms with Crippen LogP contribution >= 0.6 is 0 Å². The summed E-state index contributed by atoms with van der Waals surface area (Å²) in [6.45, 7) is 4.21. The minimum Gasteiger partial charge on any atom is -0.367 e. The molecular weight excluding hydrogens is 250 g/mol. The summed E-state index contributed by atoms with van der Waals surface area (Å²) in [7, 11) is 0. The van der Waals surface area contributed by atoms with Gasteiger partial charge in [0.2, 0.25) is 5.88 Å². The molecular formula is C14H14F2N2O. The highest BCUT2D eigenvalue weighted by Gasteiger charge is 2.50. The van der Waals surface area contributed by atoms with E-state index >= 15 is 0 Å². The Bertz CT molecular complexity index is 649. The first-order valence-electron chi connectivity index (χ1n) is 6.10. The number of halogens is 2. The number of hydrogen-bond donors (Lipinski definition) is 1. The fourth-order valence-electron chi connectivity index (χ4n) is 2.45. The normalized spacial score (nSPS) is 20.5. The average Bonchev–Trinajstić information content (AvgIpc) is 2.78. The molecule has 0 amide bonds. The van der Waals surface area contributed by atoms with Gasteiger partial charge in [-0.15, -0.1) is 0 Å². The van der Waals surface area contributed by atoms with Crippen LogP contribution in [0.5, 0.6) is 0 Å². The van der Waals surface area contributed by atoms with Crippen LogP contribution in [0.1, 0.15) is 31.9 Å². The van der Waals surface area contributed by atoms with Gasteiger partial charge in [-0.1, -0.05) is 19.0 Å². The number of nitrogens with two attached hydrogens (primary N) is 1. The summed E-state index contributed by atoms with van der Waals surface area (Å²) in [4.78, 5) is 0. The topological polar surface area (TPSA) is 52.0 Å². The lowest BCUT2D eigenvalue weighted by atomic mass is 9.99. The molecule has 1 heterocycles. The molecule has 0 aliphatic heterocycles.